The molecule has 1 aromatic carbocycles. The van der Waals surface area contributed by atoms with E-state index in [1.165, 1.54) is 17.5 Å². The van der Waals surface area contributed by atoms with E-state index < -0.39 is 0 Å². The zero-order valence-corrected chi connectivity index (χ0v) is 13.1. The zero-order chi connectivity index (χ0) is 14.3. The minimum absolute atomic E-state index is 0.215. The third kappa shape index (κ3) is 4.63. The predicted molar refractivity (Wildman–Crippen MR) is 82.5 cm³/mol. The van der Waals surface area contributed by atoms with E-state index in [0.29, 0.717) is 5.92 Å². The molecule has 2 heteroatoms. The van der Waals surface area contributed by atoms with E-state index in [0.717, 1.165) is 13.0 Å². The summed E-state index contributed by atoms with van der Waals surface area (Å²) >= 11 is 0. The first-order valence-electron chi connectivity index (χ1n) is 7.51. The van der Waals surface area contributed by atoms with Gasteiger partial charge in [0.1, 0.15) is 0 Å². The summed E-state index contributed by atoms with van der Waals surface area (Å²) in [4.78, 5) is 0. The molecule has 1 N–H and O–H groups in total. The van der Waals surface area contributed by atoms with Crippen molar-refractivity contribution in [3.63, 3.8) is 0 Å². The van der Waals surface area contributed by atoms with Gasteiger partial charge in [-0.3, -0.25) is 0 Å². The van der Waals surface area contributed by atoms with Crippen LogP contribution in [0.3, 0.4) is 0 Å². The Kier molecular flexibility index (Phi) is 7.11. The van der Waals surface area contributed by atoms with Crippen LogP contribution in [0.5, 0.6) is 0 Å². The van der Waals surface area contributed by atoms with Gasteiger partial charge in [-0.05, 0) is 37.4 Å². The largest absolute Gasteiger partial charge is 0.376 e. The first kappa shape index (κ1) is 16.2. The average molecular weight is 263 g/mol. The van der Waals surface area contributed by atoms with Crippen molar-refractivity contribution < 1.29 is 4.74 Å². The van der Waals surface area contributed by atoms with E-state index in [4.69, 9.17) is 4.74 Å². The molecule has 2 atom stereocenters. The summed E-state index contributed by atoms with van der Waals surface area (Å²) in [7, 11) is 2.02. The smallest absolute Gasteiger partial charge is 0.0792 e. The molecule has 0 aliphatic heterocycles. The van der Waals surface area contributed by atoms with Gasteiger partial charge in [0.25, 0.3) is 0 Å². The van der Waals surface area contributed by atoms with E-state index in [-0.39, 0.29) is 12.1 Å². The molecule has 0 bridgehead atoms. The molecule has 108 valence electrons. The molecule has 0 aromatic heterocycles. The van der Waals surface area contributed by atoms with Gasteiger partial charge in [-0.1, -0.05) is 51.5 Å². The quantitative estimate of drug-likeness (QED) is 0.766. The van der Waals surface area contributed by atoms with Gasteiger partial charge in [-0.15, -0.1) is 0 Å². The zero-order valence-electron chi connectivity index (χ0n) is 13.1. The van der Waals surface area contributed by atoms with E-state index in [9.17, 15) is 0 Å². The number of rotatable bonds is 8. The molecule has 2 nitrogen and oxygen atoms in total. The second-order valence-electron chi connectivity index (χ2n) is 5.43. The van der Waals surface area contributed by atoms with Crippen LogP contribution >= 0.6 is 0 Å². The standard InChI is InChI=1S/C17H29NO/c1-6-9-14-10-8-11-15(12-14)16(18-5)17(13(3)4)19-7-2/h8,10-13,16-18H,6-7,9H2,1-5H3. The van der Waals surface area contributed by atoms with Gasteiger partial charge in [0.15, 0.2) is 0 Å². The Labute approximate surface area is 118 Å². The van der Waals surface area contributed by atoms with Gasteiger partial charge in [0.2, 0.25) is 0 Å². The average Bonchev–Trinajstić information content (AvgIpc) is 2.39. The van der Waals surface area contributed by atoms with Crippen LogP contribution in [0.1, 0.15) is 51.3 Å². The van der Waals surface area contributed by atoms with Gasteiger partial charge in [-0.25, -0.2) is 0 Å². The van der Waals surface area contributed by atoms with Crippen LogP contribution in [-0.4, -0.2) is 19.8 Å². The lowest BCUT2D eigenvalue weighted by molar-refractivity contribution is 0.00459. The minimum atomic E-state index is 0.215. The van der Waals surface area contributed by atoms with Crippen LogP contribution in [0.15, 0.2) is 24.3 Å². The highest BCUT2D eigenvalue weighted by Gasteiger charge is 2.25. The van der Waals surface area contributed by atoms with E-state index >= 15 is 0 Å². The number of benzene rings is 1. The number of nitrogens with one attached hydrogen (secondary N) is 1. The molecule has 2 unspecified atom stereocenters. The SMILES string of the molecule is CCCc1cccc(C(NC)C(OCC)C(C)C)c1. The molecule has 0 fully saturated rings. The highest BCUT2D eigenvalue weighted by molar-refractivity contribution is 5.27. The Balaban J connectivity index is 2.96. The van der Waals surface area contributed by atoms with Gasteiger partial charge in [0, 0.05) is 6.61 Å². The molecule has 0 heterocycles. The molecular formula is C17H29NO. The van der Waals surface area contributed by atoms with E-state index in [1.54, 1.807) is 0 Å². The molecule has 0 aliphatic carbocycles. The third-order valence-electron chi connectivity index (χ3n) is 3.50. The third-order valence-corrected chi connectivity index (χ3v) is 3.50. The summed E-state index contributed by atoms with van der Waals surface area (Å²) in [6.45, 7) is 9.49. The van der Waals surface area contributed by atoms with E-state index in [2.05, 4.69) is 57.3 Å². The molecule has 1 rings (SSSR count). The molecule has 0 aliphatic rings. The van der Waals surface area contributed by atoms with Crippen LogP contribution in [0.25, 0.3) is 0 Å². The van der Waals surface area contributed by atoms with Gasteiger partial charge in [0.05, 0.1) is 12.1 Å². The topological polar surface area (TPSA) is 21.3 Å². The molecule has 0 saturated carbocycles. The Morgan fingerprint density at radius 1 is 1.21 bits per heavy atom. The van der Waals surface area contributed by atoms with Crippen molar-refractivity contribution in [3.8, 4) is 0 Å². The first-order valence-corrected chi connectivity index (χ1v) is 7.51. The highest BCUT2D eigenvalue weighted by atomic mass is 16.5. The molecular weight excluding hydrogens is 234 g/mol. The minimum Gasteiger partial charge on any atom is -0.376 e. The number of likely N-dealkylation sites (N-methyl/N-ethyl adjacent to an activating group) is 1. The summed E-state index contributed by atoms with van der Waals surface area (Å²) in [6.07, 6.45) is 2.55. The lowest BCUT2D eigenvalue weighted by atomic mass is 9.92. The fourth-order valence-corrected chi connectivity index (χ4v) is 2.62. The maximum Gasteiger partial charge on any atom is 0.0792 e. The monoisotopic (exact) mass is 263 g/mol. The summed E-state index contributed by atoms with van der Waals surface area (Å²) < 4.78 is 5.95. The van der Waals surface area contributed by atoms with Crippen LogP contribution < -0.4 is 5.32 Å². The molecule has 19 heavy (non-hydrogen) atoms. The molecule has 1 aromatic rings. The Bertz CT molecular complexity index is 362. The Morgan fingerprint density at radius 3 is 2.47 bits per heavy atom. The Morgan fingerprint density at radius 2 is 1.95 bits per heavy atom. The normalized spacial score (nSPS) is 14.6. The molecule has 0 saturated heterocycles. The first-order chi connectivity index (χ1) is 9.13. The van der Waals surface area contributed by atoms with Crippen LogP contribution in [0.2, 0.25) is 0 Å². The fraction of sp³-hybridized carbons (Fsp3) is 0.647. The highest BCUT2D eigenvalue weighted by Crippen LogP contribution is 2.25. The maximum atomic E-state index is 5.95. The number of hydrogen-bond donors (Lipinski definition) is 1. The van der Waals surface area contributed by atoms with Crippen molar-refractivity contribution >= 4 is 0 Å². The van der Waals surface area contributed by atoms with Crippen LogP contribution in [0, 0.1) is 5.92 Å². The fourth-order valence-electron chi connectivity index (χ4n) is 2.62. The lowest BCUT2D eigenvalue weighted by Gasteiger charge is -2.30. The van der Waals surface area contributed by atoms with Crippen molar-refractivity contribution in [2.24, 2.45) is 5.92 Å². The Hall–Kier alpha value is -0.860. The summed E-state index contributed by atoms with van der Waals surface area (Å²) in [6, 6.07) is 9.16. The maximum absolute atomic E-state index is 5.95. The van der Waals surface area contributed by atoms with Gasteiger partial charge >= 0.3 is 0 Å². The van der Waals surface area contributed by atoms with Gasteiger partial charge < -0.3 is 10.1 Å². The van der Waals surface area contributed by atoms with Crippen molar-refractivity contribution in [1.82, 2.24) is 5.32 Å². The second-order valence-corrected chi connectivity index (χ2v) is 5.43. The van der Waals surface area contributed by atoms with Crippen molar-refractivity contribution in [1.29, 1.82) is 0 Å². The van der Waals surface area contributed by atoms with Crippen LogP contribution in [0.4, 0.5) is 0 Å². The number of hydrogen-bond acceptors (Lipinski definition) is 2. The van der Waals surface area contributed by atoms with Crippen molar-refractivity contribution in [2.45, 2.75) is 52.7 Å². The van der Waals surface area contributed by atoms with Crippen molar-refractivity contribution in [3.05, 3.63) is 35.4 Å². The van der Waals surface area contributed by atoms with Crippen LogP contribution in [-0.2, 0) is 11.2 Å². The second kappa shape index (κ2) is 8.34. The van der Waals surface area contributed by atoms with Crippen molar-refractivity contribution in [2.75, 3.05) is 13.7 Å². The number of aryl methyl sites for hydroxylation is 1. The molecule has 0 radical (unpaired) electrons. The predicted octanol–water partition coefficient (Wildman–Crippen LogP) is 3.96. The summed E-state index contributed by atoms with van der Waals surface area (Å²) in [5.41, 5.74) is 2.75. The molecule has 0 spiro atoms. The summed E-state index contributed by atoms with van der Waals surface area (Å²) in [5.74, 6) is 0.493. The van der Waals surface area contributed by atoms with E-state index in [1.807, 2.05) is 7.05 Å². The van der Waals surface area contributed by atoms with Gasteiger partial charge in [-0.2, -0.15) is 0 Å². The molecule has 0 amide bonds. The number of ether oxygens (including phenoxy) is 1. The summed E-state index contributed by atoms with van der Waals surface area (Å²) in [5, 5.41) is 3.43. The lowest BCUT2D eigenvalue weighted by Crippen LogP contribution is -2.35.